The molecular formula is C16H24BNO3. The molecule has 2 fully saturated rings. The molecule has 1 aromatic carbocycles. The van der Waals surface area contributed by atoms with Crippen LogP contribution in [0.5, 0.6) is 5.75 Å². The summed E-state index contributed by atoms with van der Waals surface area (Å²) in [4.78, 5) is 0. The Hall–Kier alpha value is -1.04. The molecule has 0 spiro atoms. The van der Waals surface area contributed by atoms with Gasteiger partial charge in [0.1, 0.15) is 5.75 Å². The number of benzene rings is 1. The topological polar surface area (TPSA) is 53.7 Å². The first-order valence-corrected chi connectivity index (χ1v) is 7.68. The summed E-state index contributed by atoms with van der Waals surface area (Å²) in [6, 6.07) is 5.98. The van der Waals surface area contributed by atoms with Crippen molar-refractivity contribution in [2.45, 2.75) is 64.4 Å². The molecule has 0 amide bonds. The van der Waals surface area contributed by atoms with Crippen LogP contribution in [-0.4, -0.2) is 24.4 Å². The van der Waals surface area contributed by atoms with Gasteiger partial charge >= 0.3 is 7.12 Å². The van der Waals surface area contributed by atoms with Crippen LogP contribution in [0.2, 0.25) is 0 Å². The van der Waals surface area contributed by atoms with Crippen molar-refractivity contribution in [2.24, 2.45) is 5.73 Å². The van der Waals surface area contributed by atoms with Crippen molar-refractivity contribution in [3.8, 4) is 5.75 Å². The van der Waals surface area contributed by atoms with Crippen LogP contribution in [0.1, 0.15) is 46.1 Å². The minimum Gasteiger partial charge on any atom is -0.490 e. The molecule has 114 valence electrons. The molecule has 0 atom stereocenters. The molecule has 0 aromatic heterocycles. The van der Waals surface area contributed by atoms with E-state index < -0.39 is 7.12 Å². The molecule has 5 heteroatoms. The second-order valence-electron chi connectivity index (χ2n) is 6.93. The van der Waals surface area contributed by atoms with E-state index >= 15 is 0 Å². The molecule has 1 heterocycles. The monoisotopic (exact) mass is 289 g/mol. The molecule has 1 aliphatic heterocycles. The van der Waals surface area contributed by atoms with Crippen molar-refractivity contribution in [2.75, 3.05) is 0 Å². The maximum absolute atomic E-state index is 6.13. The van der Waals surface area contributed by atoms with E-state index in [1.165, 1.54) is 0 Å². The van der Waals surface area contributed by atoms with Crippen molar-refractivity contribution < 1.29 is 14.0 Å². The van der Waals surface area contributed by atoms with E-state index in [0.29, 0.717) is 12.6 Å². The summed E-state index contributed by atoms with van der Waals surface area (Å²) < 4.78 is 18.2. The van der Waals surface area contributed by atoms with Crippen molar-refractivity contribution >= 4 is 12.6 Å². The van der Waals surface area contributed by atoms with Gasteiger partial charge in [-0.15, -0.1) is 0 Å². The highest BCUT2D eigenvalue weighted by Gasteiger charge is 2.52. The normalized spacial score (nSPS) is 23.4. The van der Waals surface area contributed by atoms with Crippen LogP contribution in [0.25, 0.3) is 0 Å². The van der Waals surface area contributed by atoms with Crippen molar-refractivity contribution in [3.63, 3.8) is 0 Å². The first-order valence-electron chi connectivity index (χ1n) is 7.68. The highest BCUT2D eigenvalue weighted by atomic mass is 16.7. The van der Waals surface area contributed by atoms with Gasteiger partial charge in [0.15, 0.2) is 0 Å². The summed E-state index contributed by atoms with van der Waals surface area (Å²) in [5.74, 6) is 0.868. The highest BCUT2D eigenvalue weighted by molar-refractivity contribution is 6.62. The zero-order valence-electron chi connectivity index (χ0n) is 13.3. The van der Waals surface area contributed by atoms with Crippen LogP contribution in [0.4, 0.5) is 0 Å². The largest absolute Gasteiger partial charge is 0.495 e. The van der Waals surface area contributed by atoms with Crippen molar-refractivity contribution in [3.05, 3.63) is 23.8 Å². The van der Waals surface area contributed by atoms with Gasteiger partial charge in [-0.25, -0.2) is 0 Å². The first-order chi connectivity index (χ1) is 9.84. The Balaban J connectivity index is 1.91. The van der Waals surface area contributed by atoms with E-state index in [1.54, 1.807) is 0 Å². The molecule has 0 bridgehead atoms. The molecular weight excluding hydrogens is 265 g/mol. The zero-order valence-corrected chi connectivity index (χ0v) is 13.3. The molecule has 3 rings (SSSR count). The smallest absolute Gasteiger partial charge is 0.490 e. The molecule has 1 saturated heterocycles. The Labute approximate surface area is 127 Å². The van der Waals surface area contributed by atoms with Crippen LogP contribution in [0.15, 0.2) is 18.2 Å². The van der Waals surface area contributed by atoms with E-state index in [0.717, 1.165) is 29.6 Å². The van der Waals surface area contributed by atoms with Gasteiger partial charge in [0, 0.05) is 12.1 Å². The number of hydrogen-bond donors (Lipinski definition) is 1. The summed E-state index contributed by atoms with van der Waals surface area (Å²) in [6.07, 6.45) is 2.61. The van der Waals surface area contributed by atoms with Crippen LogP contribution >= 0.6 is 0 Å². The highest BCUT2D eigenvalue weighted by Crippen LogP contribution is 2.37. The Bertz CT molecular complexity index is 524. The lowest BCUT2D eigenvalue weighted by Crippen LogP contribution is -2.41. The third-order valence-corrected chi connectivity index (χ3v) is 4.70. The van der Waals surface area contributed by atoms with Gasteiger partial charge in [-0.2, -0.15) is 0 Å². The molecule has 2 aliphatic rings. The number of nitrogens with two attached hydrogens (primary N) is 1. The lowest BCUT2D eigenvalue weighted by Gasteiger charge is -2.32. The predicted molar refractivity (Wildman–Crippen MR) is 83.7 cm³/mol. The minimum absolute atomic E-state index is 0.350. The van der Waals surface area contributed by atoms with E-state index in [9.17, 15) is 0 Å². The van der Waals surface area contributed by atoms with Gasteiger partial charge in [-0.3, -0.25) is 0 Å². The molecule has 0 radical (unpaired) electrons. The number of hydrogen-bond acceptors (Lipinski definition) is 4. The van der Waals surface area contributed by atoms with E-state index in [4.69, 9.17) is 19.8 Å². The van der Waals surface area contributed by atoms with Crippen molar-refractivity contribution in [1.29, 1.82) is 0 Å². The SMILES string of the molecule is CC1(C)OB(c2cccc(OC3CC3)c2CN)OC1(C)C. The van der Waals surface area contributed by atoms with Crippen LogP contribution in [-0.2, 0) is 15.9 Å². The predicted octanol–water partition coefficient (Wildman–Crippen LogP) is 1.99. The summed E-state index contributed by atoms with van der Waals surface area (Å²) in [6.45, 7) is 8.64. The zero-order chi connectivity index (χ0) is 15.3. The van der Waals surface area contributed by atoms with Gasteiger partial charge in [0.2, 0.25) is 0 Å². The lowest BCUT2D eigenvalue weighted by atomic mass is 9.75. The third kappa shape index (κ3) is 2.70. The number of ether oxygens (including phenoxy) is 1. The van der Waals surface area contributed by atoms with E-state index in [1.807, 2.05) is 18.2 Å². The average Bonchev–Trinajstić information content (AvgIpc) is 3.17. The Morgan fingerprint density at radius 3 is 2.33 bits per heavy atom. The Kier molecular flexibility index (Phi) is 3.55. The standard InChI is InChI=1S/C16H24BNO3/c1-15(2)16(3,4)21-17(20-15)13-6-5-7-14(12(13)10-18)19-11-8-9-11/h5-7,11H,8-10,18H2,1-4H3. The average molecular weight is 289 g/mol. The fourth-order valence-electron chi connectivity index (χ4n) is 2.47. The van der Waals surface area contributed by atoms with E-state index in [-0.39, 0.29) is 11.2 Å². The molecule has 2 N–H and O–H groups in total. The minimum atomic E-state index is -0.392. The van der Waals surface area contributed by atoms with Gasteiger partial charge in [-0.05, 0) is 52.1 Å². The number of rotatable bonds is 4. The first kappa shape index (κ1) is 14.9. The van der Waals surface area contributed by atoms with Crippen LogP contribution in [0, 0.1) is 0 Å². The van der Waals surface area contributed by atoms with Crippen LogP contribution < -0.4 is 15.9 Å². The molecule has 1 saturated carbocycles. The maximum atomic E-state index is 6.13. The molecule has 0 unspecified atom stereocenters. The summed E-state index contributed by atoms with van der Waals surface area (Å²) in [5.41, 5.74) is 7.23. The molecule has 1 aliphatic carbocycles. The Morgan fingerprint density at radius 1 is 1.19 bits per heavy atom. The second-order valence-corrected chi connectivity index (χ2v) is 6.93. The van der Waals surface area contributed by atoms with E-state index in [2.05, 4.69) is 27.7 Å². The second kappa shape index (κ2) is 5.01. The quantitative estimate of drug-likeness (QED) is 0.861. The fraction of sp³-hybridized carbons (Fsp3) is 0.625. The third-order valence-electron chi connectivity index (χ3n) is 4.70. The molecule has 4 nitrogen and oxygen atoms in total. The fourth-order valence-corrected chi connectivity index (χ4v) is 2.47. The van der Waals surface area contributed by atoms with Gasteiger partial charge in [0.25, 0.3) is 0 Å². The molecule has 21 heavy (non-hydrogen) atoms. The van der Waals surface area contributed by atoms with Crippen LogP contribution in [0.3, 0.4) is 0 Å². The maximum Gasteiger partial charge on any atom is 0.495 e. The summed E-state index contributed by atoms with van der Waals surface area (Å²) in [7, 11) is -0.392. The van der Waals surface area contributed by atoms with Gasteiger partial charge < -0.3 is 19.8 Å². The summed E-state index contributed by atoms with van der Waals surface area (Å²) >= 11 is 0. The van der Waals surface area contributed by atoms with Crippen molar-refractivity contribution in [1.82, 2.24) is 0 Å². The van der Waals surface area contributed by atoms with Gasteiger partial charge in [0.05, 0.1) is 17.3 Å². The van der Waals surface area contributed by atoms with Gasteiger partial charge in [-0.1, -0.05) is 12.1 Å². The summed E-state index contributed by atoms with van der Waals surface area (Å²) in [5, 5.41) is 0. The Morgan fingerprint density at radius 2 is 1.81 bits per heavy atom. The lowest BCUT2D eigenvalue weighted by molar-refractivity contribution is 0.00578. The molecule has 1 aromatic rings.